The number of allylic oxidation sites excluding steroid dienone is 3. The Kier molecular flexibility index (Phi) is 7.22. The Balaban J connectivity index is 1.43. The lowest BCUT2D eigenvalue weighted by Crippen LogP contribution is -1.96. The van der Waals surface area contributed by atoms with Gasteiger partial charge < -0.3 is 23.7 Å². The molecule has 0 radical (unpaired) electrons. The van der Waals surface area contributed by atoms with Crippen LogP contribution < -0.4 is 9.47 Å². The molecule has 0 unspecified atom stereocenters. The Bertz CT molecular complexity index is 1380. The highest BCUT2D eigenvalue weighted by Gasteiger charge is 2.07. The van der Waals surface area contributed by atoms with E-state index in [2.05, 4.69) is 9.97 Å². The van der Waals surface area contributed by atoms with Crippen molar-refractivity contribution in [1.29, 1.82) is 0 Å². The molecule has 35 heavy (non-hydrogen) atoms. The molecule has 0 aliphatic heterocycles. The number of hydrogen-bond acceptors (Lipinski definition) is 6. The normalized spacial score (nSPS) is 11.9. The topological polar surface area (TPSA) is 91.4 Å². The zero-order valence-electron chi connectivity index (χ0n) is 19.3. The average Bonchev–Trinajstić information content (AvgIpc) is 3.61. The first-order valence-electron chi connectivity index (χ1n) is 10.7. The van der Waals surface area contributed by atoms with Crippen LogP contribution in [0, 0.1) is 0 Å². The van der Waals surface area contributed by atoms with Crippen molar-refractivity contribution in [3.63, 3.8) is 0 Å². The first-order chi connectivity index (χ1) is 17.1. The molecule has 2 heterocycles. The largest absolute Gasteiger partial charge is 0.508 e. The highest BCUT2D eigenvalue weighted by Crippen LogP contribution is 2.26. The summed E-state index contributed by atoms with van der Waals surface area (Å²) in [7, 11) is 3.18. The number of benzene rings is 2. The fraction of sp³-hybridized carbons (Fsp3) is 0.0741. The molecule has 0 atom stereocenters. The van der Waals surface area contributed by atoms with Crippen LogP contribution >= 0.6 is 0 Å². The van der Waals surface area contributed by atoms with Gasteiger partial charge in [-0.25, -0.2) is 9.97 Å². The molecule has 0 aliphatic carbocycles. The number of ketones is 1. The number of imidazole rings is 2. The van der Waals surface area contributed by atoms with Crippen molar-refractivity contribution in [3.8, 4) is 22.9 Å². The minimum Gasteiger partial charge on any atom is -0.508 e. The van der Waals surface area contributed by atoms with Crippen molar-refractivity contribution in [2.75, 3.05) is 14.2 Å². The van der Waals surface area contributed by atoms with Crippen LogP contribution in [0.3, 0.4) is 0 Å². The van der Waals surface area contributed by atoms with Gasteiger partial charge in [-0.05, 0) is 47.5 Å². The van der Waals surface area contributed by atoms with E-state index in [4.69, 9.17) is 9.47 Å². The van der Waals surface area contributed by atoms with Crippen molar-refractivity contribution in [1.82, 2.24) is 19.1 Å². The summed E-state index contributed by atoms with van der Waals surface area (Å²) < 4.78 is 14.6. The minimum atomic E-state index is -0.349. The van der Waals surface area contributed by atoms with Crippen LogP contribution in [0.4, 0.5) is 0 Å². The van der Waals surface area contributed by atoms with Crippen LogP contribution in [-0.2, 0) is 4.79 Å². The monoisotopic (exact) mass is 468 g/mol. The third-order valence-corrected chi connectivity index (χ3v) is 5.15. The maximum atomic E-state index is 12.3. The number of ether oxygens (including phenoxy) is 2. The van der Waals surface area contributed by atoms with E-state index in [9.17, 15) is 9.90 Å². The highest BCUT2D eigenvalue weighted by molar-refractivity contribution is 6.02. The van der Waals surface area contributed by atoms with Crippen LogP contribution in [0.15, 0.2) is 97.8 Å². The molecule has 0 spiro atoms. The van der Waals surface area contributed by atoms with Gasteiger partial charge in [-0.3, -0.25) is 4.79 Å². The molecule has 0 saturated carbocycles. The Labute approximate surface area is 202 Å². The maximum Gasteiger partial charge on any atom is 0.182 e. The number of methoxy groups -OCH3 is 2. The van der Waals surface area contributed by atoms with E-state index in [1.165, 1.54) is 12.2 Å². The first kappa shape index (κ1) is 23.3. The Morgan fingerprint density at radius 3 is 1.80 bits per heavy atom. The molecule has 4 aromatic rings. The van der Waals surface area contributed by atoms with Gasteiger partial charge in [0.15, 0.2) is 5.78 Å². The van der Waals surface area contributed by atoms with E-state index in [1.807, 2.05) is 57.9 Å². The van der Waals surface area contributed by atoms with Gasteiger partial charge in [0.25, 0.3) is 0 Å². The van der Waals surface area contributed by atoms with Gasteiger partial charge in [-0.2, -0.15) is 0 Å². The van der Waals surface area contributed by atoms with Crippen LogP contribution in [0.2, 0.25) is 0 Å². The van der Waals surface area contributed by atoms with Gasteiger partial charge in [-0.15, -0.1) is 0 Å². The van der Waals surface area contributed by atoms with Gasteiger partial charge in [-0.1, -0.05) is 24.3 Å². The van der Waals surface area contributed by atoms with Crippen molar-refractivity contribution in [3.05, 3.63) is 109 Å². The highest BCUT2D eigenvalue weighted by atomic mass is 16.5. The first-order valence-corrected chi connectivity index (χ1v) is 10.7. The predicted octanol–water partition coefficient (Wildman–Crippen LogP) is 4.81. The second-order valence-corrected chi connectivity index (χ2v) is 7.44. The molecule has 0 fully saturated rings. The zero-order chi connectivity index (χ0) is 24.6. The molecule has 0 amide bonds. The number of aliphatic hydroxyl groups excluding tert-OH is 1. The molecule has 176 valence electrons. The van der Waals surface area contributed by atoms with Crippen LogP contribution in [0.1, 0.15) is 11.1 Å². The van der Waals surface area contributed by atoms with Gasteiger partial charge in [0.2, 0.25) is 0 Å². The summed E-state index contributed by atoms with van der Waals surface area (Å²) in [5, 5.41) is 10.2. The van der Waals surface area contributed by atoms with Crippen LogP contribution in [0.5, 0.6) is 11.5 Å². The molecule has 0 saturated heterocycles. The molecule has 8 nitrogen and oxygen atoms in total. The zero-order valence-corrected chi connectivity index (χ0v) is 19.3. The third kappa shape index (κ3) is 5.75. The third-order valence-electron chi connectivity index (χ3n) is 5.15. The quantitative estimate of drug-likeness (QED) is 0.215. The average molecular weight is 469 g/mol. The van der Waals surface area contributed by atoms with Gasteiger partial charge in [0.1, 0.15) is 17.3 Å². The van der Waals surface area contributed by atoms with Crippen molar-refractivity contribution in [2.45, 2.75) is 0 Å². The maximum absolute atomic E-state index is 12.3. The molecule has 0 aliphatic rings. The standard InChI is InChI=1S/C27H24N4O4/c1-34-26-15-20(5-9-24(26)30-13-11-28-18-30)3-7-22(32)17-23(33)8-4-21-6-10-25(27(16-21)35-2)31-14-12-29-19-31/h3-19,32H,1-2H3/b7-3+,8-4+,22-17?. The minimum absolute atomic E-state index is 0.162. The van der Waals surface area contributed by atoms with E-state index in [-0.39, 0.29) is 11.5 Å². The smallest absolute Gasteiger partial charge is 0.182 e. The number of carbonyl (C=O) groups excluding carboxylic acids is 1. The number of aliphatic hydroxyl groups is 1. The molecule has 1 N–H and O–H groups in total. The van der Waals surface area contributed by atoms with E-state index < -0.39 is 0 Å². The Hall–Kier alpha value is -4.85. The van der Waals surface area contributed by atoms with Gasteiger partial charge in [0.05, 0.1) is 38.2 Å². The van der Waals surface area contributed by atoms with E-state index in [0.717, 1.165) is 28.6 Å². The second kappa shape index (κ2) is 10.8. The lowest BCUT2D eigenvalue weighted by Gasteiger charge is -2.09. The van der Waals surface area contributed by atoms with E-state index in [1.54, 1.807) is 51.4 Å². The van der Waals surface area contributed by atoms with Crippen LogP contribution in [-0.4, -0.2) is 44.2 Å². The Morgan fingerprint density at radius 1 is 0.829 bits per heavy atom. The molecule has 4 rings (SSSR count). The molecule has 2 aromatic carbocycles. The molecular weight excluding hydrogens is 444 g/mol. The summed E-state index contributed by atoms with van der Waals surface area (Å²) in [6.45, 7) is 0. The van der Waals surface area contributed by atoms with Crippen molar-refractivity contribution >= 4 is 17.9 Å². The summed E-state index contributed by atoms with van der Waals surface area (Å²) in [5.41, 5.74) is 3.27. The lowest BCUT2D eigenvalue weighted by molar-refractivity contribution is -0.110. The number of carbonyl (C=O) groups is 1. The Morgan fingerprint density at radius 2 is 1.34 bits per heavy atom. The molecular formula is C27H24N4O4. The number of aromatic nitrogens is 4. The van der Waals surface area contributed by atoms with E-state index in [0.29, 0.717) is 11.5 Å². The van der Waals surface area contributed by atoms with Crippen LogP contribution in [0.25, 0.3) is 23.5 Å². The fourth-order valence-electron chi connectivity index (χ4n) is 3.43. The summed E-state index contributed by atoms with van der Waals surface area (Å²) in [6.07, 6.45) is 17.8. The molecule has 2 aromatic heterocycles. The molecule has 0 bridgehead atoms. The fourth-order valence-corrected chi connectivity index (χ4v) is 3.43. The SMILES string of the molecule is COc1cc(/C=C/C(=O)C=C(O)/C=C/c2ccc(-n3ccnc3)c(OC)c2)ccc1-n1ccnc1. The molecule has 8 heteroatoms. The lowest BCUT2D eigenvalue weighted by atomic mass is 10.1. The van der Waals surface area contributed by atoms with E-state index >= 15 is 0 Å². The number of rotatable bonds is 9. The van der Waals surface area contributed by atoms with Gasteiger partial charge >= 0.3 is 0 Å². The van der Waals surface area contributed by atoms with Gasteiger partial charge in [0, 0.05) is 30.9 Å². The summed E-state index contributed by atoms with van der Waals surface area (Å²) >= 11 is 0. The number of hydrogen-bond donors (Lipinski definition) is 1. The summed E-state index contributed by atoms with van der Waals surface area (Å²) in [5.74, 6) is 0.790. The number of nitrogens with zero attached hydrogens (tertiary/aromatic N) is 4. The summed E-state index contributed by atoms with van der Waals surface area (Å²) in [6, 6.07) is 11.2. The van der Waals surface area contributed by atoms with Crippen molar-refractivity contribution < 1.29 is 19.4 Å². The predicted molar refractivity (Wildman–Crippen MR) is 134 cm³/mol. The van der Waals surface area contributed by atoms with Crippen molar-refractivity contribution in [2.24, 2.45) is 0 Å². The second-order valence-electron chi connectivity index (χ2n) is 7.44. The summed E-state index contributed by atoms with van der Waals surface area (Å²) in [4.78, 5) is 20.4.